The van der Waals surface area contributed by atoms with E-state index < -0.39 is 0 Å². The van der Waals surface area contributed by atoms with Gasteiger partial charge in [0.05, 0.1) is 23.2 Å². The zero-order valence-electron chi connectivity index (χ0n) is 21.9. The van der Waals surface area contributed by atoms with E-state index in [1.165, 1.54) is 22.9 Å². The molecule has 5 heteroatoms. The number of anilines is 1. The van der Waals surface area contributed by atoms with E-state index in [1.54, 1.807) is 0 Å². The summed E-state index contributed by atoms with van der Waals surface area (Å²) >= 11 is 1.50. The van der Waals surface area contributed by atoms with E-state index in [-0.39, 0.29) is 17.9 Å². The predicted octanol–water partition coefficient (Wildman–Crippen LogP) is 7.48. The fourth-order valence-corrected chi connectivity index (χ4v) is 6.46. The molecule has 1 N–H and O–H groups in total. The average molecular weight is 531 g/mol. The lowest BCUT2D eigenvalue weighted by molar-refractivity contribution is -0.114. The standard InChI is InChI=1S/C34H30N2O2S/c1-23-9-2-3-11-27(23)22-36-30-15-6-7-16-31(30)39-32(34(36)38)21-24-17-19-26(20-18-24)33(37)35-29-14-8-12-25-10-4-5-13-28(25)29/h2-7,9-11,13,15-21,29H,8,12,14,22H2,1H3,(H,35,37)/b32-21+. The summed E-state index contributed by atoms with van der Waals surface area (Å²) in [5.41, 5.74) is 7.28. The number of benzene rings is 4. The Kier molecular flexibility index (Phi) is 7.08. The Morgan fingerprint density at radius 1 is 0.949 bits per heavy atom. The summed E-state index contributed by atoms with van der Waals surface area (Å²) in [5.74, 6) is -0.0860. The van der Waals surface area contributed by atoms with Crippen LogP contribution in [0.2, 0.25) is 0 Å². The molecule has 194 valence electrons. The van der Waals surface area contributed by atoms with Crippen LogP contribution in [0.5, 0.6) is 0 Å². The Hall–Kier alpha value is -4.09. The molecule has 0 saturated carbocycles. The number of rotatable bonds is 5. The molecule has 4 aromatic rings. The second kappa shape index (κ2) is 11.0. The van der Waals surface area contributed by atoms with E-state index in [0.717, 1.165) is 46.5 Å². The lowest BCUT2D eigenvalue weighted by atomic mass is 9.87. The number of carbonyl (C=O) groups excluding carboxylic acids is 2. The molecule has 4 nitrogen and oxygen atoms in total. The maximum atomic E-state index is 13.7. The molecule has 2 amide bonds. The molecule has 0 radical (unpaired) electrons. The van der Waals surface area contributed by atoms with Crippen molar-refractivity contribution in [2.45, 2.75) is 43.7 Å². The van der Waals surface area contributed by atoms with Gasteiger partial charge in [0, 0.05) is 10.5 Å². The van der Waals surface area contributed by atoms with Crippen LogP contribution in [0.3, 0.4) is 0 Å². The van der Waals surface area contributed by atoms with Crippen molar-refractivity contribution < 1.29 is 9.59 Å². The second-order valence-corrected chi connectivity index (χ2v) is 11.2. The molecule has 1 heterocycles. The summed E-state index contributed by atoms with van der Waals surface area (Å²) < 4.78 is 0. The summed E-state index contributed by atoms with van der Waals surface area (Å²) in [4.78, 5) is 30.3. The Labute approximate surface area is 233 Å². The molecule has 2 aliphatic rings. The van der Waals surface area contributed by atoms with Gasteiger partial charge in [0.15, 0.2) is 0 Å². The summed E-state index contributed by atoms with van der Waals surface area (Å²) in [7, 11) is 0. The maximum absolute atomic E-state index is 13.7. The molecule has 0 spiro atoms. The Morgan fingerprint density at radius 2 is 1.69 bits per heavy atom. The van der Waals surface area contributed by atoms with Crippen molar-refractivity contribution in [3.05, 3.63) is 135 Å². The molecular weight excluding hydrogens is 500 g/mol. The van der Waals surface area contributed by atoms with Gasteiger partial charge in [0.25, 0.3) is 11.8 Å². The molecule has 6 rings (SSSR count). The van der Waals surface area contributed by atoms with Crippen molar-refractivity contribution >= 4 is 35.3 Å². The van der Waals surface area contributed by atoms with Crippen molar-refractivity contribution in [2.75, 3.05) is 4.90 Å². The first-order valence-electron chi connectivity index (χ1n) is 13.4. The minimum absolute atomic E-state index is 0.0141. The molecule has 39 heavy (non-hydrogen) atoms. The highest BCUT2D eigenvalue weighted by Crippen LogP contribution is 2.42. The minimum Gasteiger partial charge on any atom is -0.345 e. The molecular formula is C34H30N2O2S. The fourth-order valence-electron chi connectivity index (χ4n) is 5.40. The van der Waals surface area contributed by atoms with Gasteiger partial charge in [0.1, 0.15) is 0 Å². The van der Waals surface area contributed by atoms with Crippen LogP contribution in [0.25, 0.3) is 6.08 Å². The third-order valence-electron chi connectivity index (χ3n) is 7.57. The van der Waals surface area contributed by atoms with Crippen LogP contribution in [-0.4, -0.2) is 11.8 Å². The number of hydrogen-bond acceptors (Lipinski definition) is 3. The molecule has 0 aromatic heterocycles. The fraction of sp³-hybridized carbons (Fsp3) is 0.176. The van der Waals surface area contributed by atoms with E-state index in [1.807, 2.05) is 71.6 Å². The molecule has 0 fully saturated rings. The summed E-state index contributed by atoms with van der Waals surface area (Å²) in [6, 6.07) is 32.1. The van der Waals surface area contributed by atoms with Crippen LogP contribution >= 0.6 is 11.8 Å². The smallest absolute Gasteiger partial charge is 0.265 e. The normalized spacial score (nSPS) is 17.5. The third kappa shape index (κ3) is 5.27. The van der Waals surface area contributed by atoms with E-state index in [2.05, 4.69) is 48.6 Å². The van der Waals surface area contributed by atoms with Crippen LogP contribution in [-0.2, 0) is 17.8 Å². The zero-order chi connectivity index (χ0) is 26.8. The largest absolute Gasteiger partial charge is 0.345 e. The number of amides is 2. The maximum Gasteiger partial charge on any atom is 0.265 e. The molecule has 0 saturated heterocycles. The monoisotopic (exact) mass is 530 g/mol. The van der Waals surface area contributed by atoms with Crippen molar-refractivity contribution in [3.63, 3.8) is 0 Å². The van der Waals surface area contributed by atoms with Crippen LogP contribution in [0.1, 0.15) is 57.1 Å². The third-order valence-corrected chi connectivity index (χ3v) is 8.64. The SMILES string of the molecule is Cc1ccccc1CN1C(=O)/C(=C\c2ccc(C(=O)NC3CCCc4ccccc43)cc2)Sc2ccccc21. The molecule has 1 atom stereocenters. The molecule has 4 aromatic carbocycles. The van der Waals surface area contributed by atoms with Gasteiger partial charge in [-0.3, -0.25) is 9.59 Å². The lowest BCUT2D eigenvalue weighted by Gasteiger charge is -2.31. The number of fused-ring (bicyclic) bond motifs is 2. The van der Waals surface area contributed by atoms with Crippen molar-refractivity contribution in [1.82, 2.24) is 5.32 Å². The minimum atomic E-state index is -0.0719. The second-order valence-electron chi connectivity index (χ2n) is 10.1. The van der Waals surface area contributed by atoms with Gasteiger partial charge < -0.3 is 10.2 Å². The number of aryl methyl sites for hydroxylation is 2. The summed E-state index contributed by atoms with van der Waals surface area (Å²) in [5, 5.41) is 3.22. The van der Waals surface area contributed by atoms with E-state index in [9.17, 15) is 9.59 Å². The number of hydrogen-bond donors (Lipinski definition) is 1. The number of nitrogens with one attached hydrogen (secondary N) is 1. The van der Waals surface area contributed by atoms with Gasteiger partial charge in [-0.05, 0) is 84.3 Å². The van der Waals surface area contributed by atoms with Gasteiger partial charge in [-0.25, -0.2) is 0 Å². The van der Waals surface area contributed by atoms with Gasteiger partial charge in [-0.2, -0.15) is 0 Å². The number of thioether (sulfide) groups is 1. The van der Waals surface area contributed by atoms with E-state index in [0.29, 0.717) is 17.0 Å². The first kappa shape index (κ1) is 25.2. The van der Waals surface area contributed by atoms with Crippen molar-refractivity contribution in [3.8, 4) is 0 Å². The first-order chi connectivity index (χ1) is 19.1. The van der Waals surface area contributed by atoms with Crippen LogP contribution < -0.4 is 10.2 Å². The summed E-state index contributed by atoms with van der Waals surface area (Å²) in [6.07, 6.45) is 5.01. The Bertz CT molecular complexity index is 1570. The quantitative estimate of drug-likeness (QED) is 0.272. The van der Waals surface area contributed by atoms with E-state index in [4.69, 9.17) is 0 Å². The van der Waals surface area contributed by atoms with Crippen molar-refractivity contribution in [2.24, 2.45) is 0 Å². The first-order valence-corrected chi connectivity index (χ1v) is 14.2. The Balaban J connectivity index is 1.22. The number of carbonyl (C=O) groups is 2. The van der Waals surface area contributed by atoms with Gasteiger partial charge >= 0.3 is 0 Å². The molecule has 1 aliphatic heterocycles. The zero-order valence-corrected chi connectivity index (χ0v) is 22.7. The van der Waals surface area contributed by atoms with Crippen LogP contribution in [0, 0.1) is 6.92 Å². The highest BCUT2D eigenvalue weighted by Gasteiger charge is 2.29. The molecule has 1 aliphatic carbocycles. The van der Waals surface area contributed by atoms with Gasteiger partial charge in [0.2, 0.25) is 0 Å². The highest BCUT2D eigenvalue weighted by molar-refractivity contribution is 8.04. The number of nitrogens with zero attached hydrogens (tertiary/aromatic N) is 1. The highest BCUT2D eigenvalue weighted by atomic mass is 32.2. The van der Waals surface area contributed by atoms with Crippen LogP contribution in [0.15, 0.2) is 107 Å². The topological polar surface area (TPSA) is 49.4 Å². The van der Waals surface area contributed by atoms with Gasteiger partial charge in [-0.15, -0.1) is 0 Å². The van der Waals surface area contributed by atoms with E-state index >= 15 is 0 Å². The van der Waals surface area contributed by atoms with Crippen LogP contribution in [0.4, 0.5) is 5.69 Å². The lowest BCUT2D eigenvalue weighted by Crippen LogP contribution is -2.33. The predicted molar refractivity (Wildman–Crippen MR) is 159 cm³/mol. The van der Waals surface area contributed by atoms with Crippen molar-refractivity contribution in [1.29, 1.82) is 0 Å². The Morgan fingerprint density at radius 3 is 2.54 bits per heavy atom. The molecule has 1 unspecified atom stereocenters. The summed E-state index contributed by atoms with van der Waals surface area (Å²) in [6.45, 7) is 2.59. The average Bonchev–Trinajstić information content (AvgIpc) is 2.97. The molecule has 0 bridgehead atoms. The number of para-hydroxylation sites is 1. The van der Waals surface area contributed by atoms with Gasteiger partial charge in [-0.1, -0.05) is 84.6 Å².